The summed E-state index contributed by atoms with van der Waals surface area (Å²) in [4.78, 5) is 19.3. The van der Waals surface area contributed by atoms with Gasteiger partial charge in [-0.25, -0.2) is 9.97 Å². The van der Waals surface area contributed by atoms with Gasteiger partial charge < -0.3 is 5.32 Å². The lowest BCUT2D eigenvalue weighted by Crippen LogP contribution is -2.14. The molecule has 0 amide bonds. The Hall–Kier alpha value is -1.29. The highest BCUT2D eigenvalue weighted by Crippen LogP contribution is 2.17. The van der Waals surface area contributed by atoms with Crippen molar-refractivity contribution in [3.05, 3.63) is 23.3 Å². The smallest absolute Gasteiger partial charge is 0.153 e. The molecule has 82 valence electrons. The van der Waals surface area contributed by atoms with E-state index in [1.54, 1.807) is 0 Å². The van der Waals surface area contributed by atoms with E-state index in [2.05, 4.69) is 15.3 Å². The van der Waals surface area contributed by atoms with E-state index in [1.807, 2.05) is 20.9 Å². The number of hydrogen-bond donors (Lipinski definition) is 1. The van der Waals surface area contributed by atoms with Crippen LogP contribution in [0.2, 0.25) is 0 Å². The predicted octanol–water partition coefficient (Wildman–Crippen LogP) is 1.17. The fourth-order valence-electron chi connectivity index (χ4n) is 1.48. The van der Waals surface area contributed by atoms with Crippen molar-refractivity contribution in [1.29, 1.82) is 0 Å². The summed E-state index contributed by atoms with van der Waals surface area (Å²) in [5.41, 5.74) is 2.33. The molecule has 0 bridgehead atoms. The van der Waals surface area contributed by atoms with Gasteiger partial charge in [-0.15, -0.1) is 0 Å². The van der Waals surface area contributed by atoms with Crippen LogP contribution in [0, 0.1) is 0 Å². The number of hydrogen-bond acceptors (Lipinski definition) is 4. The van der Waals surface area contributed by atoms with Crippen LogP contribution < -0.4 is 5.32 Å². The zero-order valence-corrected chi connectivity index (χ0v) is 9.45. The Labute approximate surface area is 90.1 Å². The molecule has 4 nitrogen and oxygen atoms in total. The minimum atomic E-state index is 0.251. The highest BCUT2D eigenvalue weighted by Gasteiger charge is 2.12. The van der Waals surface area contributed by atoms with Gasteiger partial charge in [0, 0.05) is 13.0 Å². The van der Waals surface area contributed by atoms with Gasteiger partial charge in [-0.3, -0.25) is 4.79 Å². The van der Waals surface area contributed by atoms with E-state index in [4.69, 9.17) is 0 Å². The third-order valence-electron chi connectivity index (χ3n) is 2.27. The molecular weight excluding hydrogens is 190 g/mol. The molecular formula is C11H17N3O. The highest BCUT2D eigenvalue weighted by molar-refractivity contribution is 5.78. The van der Waals surface area contributed by atoms with Crippen LogP contribution in [-0.2, 0) is 6.42 Å². The van der Waals surface area contributed by atoms with Gasteiger partial charge in [-0.1, -0.05) is 13.8 Å². The Balaban J connectivity index is 3.04. The Morgan fingerprint density at radius 1 is 1.47 bits per heavy atom. The standard InChI is InChI=1S/C11H17N3O/c1-8(2)11-9(6-15)10(4-5-12-3)13-7-14-11/h6-8,12H,4-5H2,1-3H3. The minimum Gasteiger partial charge on any atom is -0.319 e. The van der Waals surface area contributed by atoms with Crippen molar-refractivity contribution in [1.82, 2.24) is 15.3 Å². The van der Waals surface area contributed by atoms with Crippen LogP contribution in [0.5, 0.6) is 0 Å². The Morgan fingerprint density at radius 2 is 2.20 bits per heavy atom. The Bertz CT molecular complexity index is 337. The van der Waals surface area contributed by atoms with Crippen LogP contribution in [0.25, 0.3) is 0 Å². The van der Waals surface area contributed by atoms with Crippen molar-refractivity contribution in [2.45, 2.75) is 26.2 Å². The van der Waals surface area contributed by atoms with Gasteiger partial charge in [0.25, 0.3) is 0 Å². The largest absolute Gasteiger partial charge is 0.319 e. The van der Waals surface area contributed by atoms with Crippen molar-refractivity contribution in [3.8, 4) is 0 Å². The first-order valence-corrected chi connectivity index (χ1v) is 5.14. The molecule has 1 heterocycles. The van der Waals surface area contributed by atoms with Gasteiger partial charge in [-0.05, 0) is 13.0 Å². The van der Waals surface area contributed by atoms with E-state index < -0.39 is 0 Å². The van der Waals surface area contributed by atoms with E-state index in [-0.39, 0.29) is 5.92 Å². The minimum absolute atomic E-state index is 0.251. The van der Waals surface area contributed by atoms with Gasteiger partial charge in [0.1, 0.15) is 6.33 Å². The van der Waals surface area contributed by atoms with Crippen LogP contribution in [0.15, 0.2) is 6.33 Å². The maximum Gasteiger partial charge on any atom is 0.153 e. The molecule has 0 saturated carbocycles. The number of nitrogens with zero attached hydrogens (tertiary/aromatic N) is 2. The molecule has 0 radical (unpaired) electrons. The molecule has 1 rings (SSSR count). The maximum atomic E-state index is 11.0. The third kappa shape index (κ3) is 2.83. The number of carbonyl (C=O) groups excluding carboxylic acids is 1. The van der Waals surface area contributed by atoms with Gasteiger partial charge in [0.15, 0.2) is 6.29 Å². The molecule has 0 saturated heterocycles. The van der Waals surface area contributed by atoms with Gasteiger partial charge >= 0.3 is 0 Å². The molecule has 1 N–H and O–H groups in total. The summed E-state index contributed by atoms with van der Waals surface area (Å²) in [6, 6.07) is 0. The van der Waals surface area contributed by atoms with E-state index in [0.29, 0.717) is 5.56 Å². The van der Waals surface area contributed by atoms with Crippen molar-refractivity contribution in [2.75, 3.05) is 13.6 Å². The lowest BCUT2D eigenvalue weighted by atomic mass is 10.0. The molecule has 0 aliphatic carbocycles. The zero-order chi connectivity index (χ0) is 11.3. The first-order chi connectivity index (χ1) is 7.20. The predicted molar refractivity (Wildman–Crippen MR) is 59.1 cm³/mol. The second-order valence-corrected chi connectivity index (χ2v) is 3.75. The van der Waals surface area contributed by atoms with Crippen LogP contribution in [0.4, 0.5) is 0 Å². The van der Waals surface area contributed by atoms with Crippen LogP contribution >= 0.6 is 0 Å². The number of rotatable bonds is 5. The molecule has 0 spiro atoms. The van der Waals surface area contributed by atoms with Crippen molar-refractivity contribution < 1.29 is 4.79 Å². The number of nitrogens with one attached hydrogen (secondary N) is 1. The number of aromatic nitrogens is 2. The normalized spacial score (nSPS) is 10.7. The van der Waals surface area contributed by atoms with Crippen molar-refractivity contribution in [2.24, 2.45) is 0 Å². The summed E-state index contributed by atoms with van der Waals surface area (Å²) >= 11 is 0. The van der Waals surface area contributed by atoms with Crippen LogP contribution in [-0.4, -0.2) is 29.8 Å². The quantitative estimate of drug-likeness (QED) is 0.736. The maximum absolute atomic E-state index is 11.0. The lowest BCUT2D eigenvalue weighted by Gasteiger charge is -2.10. The SMILES string of the molecule is CNCCc1ncnc(C(C)C)c1C=O. The lowest BCUT2D eigenvalue weighted by molar-refractivity contribution is 0.112. The fourth-order valence-corrected chi connectivity index (χ4v) is 1.48. The molecule has 0 aromatic carbocycles. The number of aldehydes is 1. The van der Waals surface area contributed by atoms with Crippen LogP contribution in [0.1, 0.15) is 41.5 Å². The third-order valence-corrected chi connectivity index (χ3v) is 2.27. The molecule has 0 aliphatic rings. The molecule has 0 unspecified atom stereocenters. The second-order valence-electron chi connectivity index (χ2n) is 3.75. The van der Waals surface area contributed by atoms with E-state index in [1.165, 1.54) is 6.33 Å². The summed E-state index contributed by atoms with van der Waals surface area (Å²) in [5, 5.41) is 3.04. The molecule has 4 heteroatoms. The van der Waals surface area contributed by atoms with Crippen molar-refractivity contribution in [3.63, 3.8) is 0 Å². The summed E-state index contributed by atoms with van der Waals surface area (Å²) in [5.74, 6) is 0.251. The first kappa shape index (κ1) is 11.8. The summed E-state index contributed by atoms with van der Waals surface area (Å²) < 4.78 is 0. The van der Waals surface area contributed by atoms with Gasteiger partial charge in [0.2, 0.25) is 0 Å². The van der Waals surface area contributed by atoms with Gasteiger partial charge in [0.05, 0.1) is 17.0 Å². The molecule has 0 aliphatic heterocycles. The summed E-state index contributed by atoms with van der Waals surface area (Å²) in [7, 11) is 1.88. The zero-order valence-electron chi connectivity index (χ0n) is 9.45. The number of likely N-dealkylation sites (N-methyl/N-ethyl adjacent to an activating group) is 1. The molecule has 15 heavy (non-hydrogen) atoms. The van der Waals surface area contributed by atoms with Crippen LogP contribution in [0.3, 0.4) is 0 Å². The van der Waals surface area contributed by atoms with E-state index >= 15 is 0 Å². The summed E-state index contributed by atoms with van der Waals surface area (Å²) in [6.45, 7) is 4.86. The first-order valence-electron chi connectivity index (χ1n) is 5.14. The fraction of sp³-hybridized carbons (Fsp3) is 0.545. The van der Waals surface area contributed by atoms with E-state index in [9.17, 15) is 4.79 Å². The summed E-state index contributed by atoms with van der Waals surface area (Å²) in [6.07, 6.45) is 3.15. The average molecular weight is 207 g/mol. The van der Waals surface area contributed by atoms with Gasteiger partial charge in [-0.2, -0.15) is 0 Å². The Morgan fingerprint density at radius 3 is 2.73 bits per heavy atom. The molecule has 0 fully saturated rings. The monoisotopic (exact) mass is 207 g/mol. The highest BCUT2D eigenvalue weighted by atomic mass is 16.1. The topological polar surface area (TPSA) is 54.9 Å². The van der Waals surface area contributed by atoms with E-state index in [0.717, 1.165) is 30.6 Å². The Kier molecular flexibility index (Phi) is 4.37. The average Bonchev–Trinajstić information content (AvgIpc) is 2.25. The molecule has 0 atom stereocenters. The molecule has 1 aromatic rings. The molecule has 1 aromatic heterocycles. The second kappa shape index (κ2) is 5.56. The number of carbonyl (C=O) groups is 1. The van der Waals surface area contributed by atoms with Crippen molar-refractivity contribution >= 4 is 6.29 Å².